The van der Waals surface area contributed by atoms with E-state index in [9.17, 15) is 18.4 Å². The van der Waals surface area contributed by atoms with Gasteiger partial charge in [-0.15, -0.1) is 11.6 Å². The highest BCUT2D eigenvalue weighted by molar-refractivity contribution is 6.43. The van der Waals surface area contributed by atoms with E-state index in [1.54, 1.807) is 0 Å². The van der Waals surface area contributed by atoms with Crippen molar-refractivity contribution in [2.45, 2.75) is 5.38 Å². The molecule has 6 heteroatoms. The van der Waals surface area contributed by atoms with E-state index in [-0.39, 0.29) is 0 Å². The Balaban J connectivity index is 3.01. The van der Waals surface area contributed by atoms with Crippen molar-refractivity contribution in [3.8, 4) is 0 Å². The molecule has 0 amide bonds. The molecule has 1 atom stereocenters. The monoisotopic (exact) mass is 248 g/mol. The molecule has 1 aromatic carbocycles. The van der Waals surface area contributed by atoms with Gasteiger partial charge in [0.15, 0.2) is 11.2 Å². The van der Waals surface area contributed by atoms with E-state index in [2.05, 4.69) is 4.74 Å². The summed E-state index contributed by atoms with van der Waals surface area (Å²) in [7, 11) is 1.05. The Morgan fingerprint density at radius 1 is 1.38 bits per heavy atom. The van der Waals surface area contributed by atoms with Gasteiger partial charge in [-0.3, -0.25) is 4.79 Å². The third-order valence-corrected chi connectivity index (χ3v) is 2.21. The molecule has 3 nitrogen and oxygen atoms in total. The van der Waals surface area contributed by atoms with Crippen LogP contribution in [0.1, 0.15) is 10.4 Å². The number of hydrogen-bond donors (Lipinski definition) is 0. The Bertz CT molecular complexity index is 434. The maximum atomic E-state index is 13.2. The molecular formula is C10H7ClF2O3. The number of benzene rings is 1. The van der Waals surface area contributed by atoms with Gasteiger partial charge in [0.2, 0.25) is 0 Å². The molecule has 1 rings (SSSR count). The van der Waals surface area contributed by atoms with E-state index in [0.717, 1.165) is 19.2 Å². The van der Waals surface area contributed by atoms with Crippen molar-refractivity contribution < 1.29 is 23.1 Å². The van der Waals surface area contributed by atoms with Crippen LogP contribution in [0.2, 0.25) is 0 Å². The Morgan fingerprint density at radius 3 is 2.50 bits per heavy atom. The van der Waals surface area contributed by atoms with Gasteiger partial charge < -0.3 is 4.74 Å². The van der Waals surface area contributed by atoms with Crippen molar-refractivity contribution in [1.29, 1.82) is 0 Å². The number of alkyl halides is 1. The number of carbonyl (C=O) groups is 2. The highest BCUT2D eigenvalue weighted by Gasteiger charge is 2.28. The normalized spacial score (nSPS) is 12.0. The number of esters is 1. The highest BCUT2D eigenvalue weighted by atomic mass is 35.5. The molecule has 0 N–H and O–H groups in total. The van der Waals surface area contributed by atoms with Gasteiger partial charge in [-0.25, -0.2) is 13.6 Å². The van der Waals surface area contributed by atoms with Crippen LogP contribution in [0, 0.1) is 11.6 Å². The first-order chi connectivity index (χ1) is 7.47. The first-order valence-corrected chi connectivity index (χ1v) is 4.62. The van der Waals surface area contributed by atoms with Gasteiger partial charge in [0.25, 0.3) is 0 Å². The second-order valence-electron chi connectivity index (χ2n) is 2.87. The number of hydrogen-bond acceptors (Lipinski definition) is 3. The highest BCUT2D eigenvalue weighted by Crippen LogP contribution is 2.15. The average Bonchev–Trinajstić information content (AvgIpc) is 2.26. The largest absolute Gasteiger partial charge is 0.468 e. The quantitative estimate of drug-likeness (QED) is 0.355. The topological polar surface area (TPSA) is 43.4 Å². The van der Waals surface area contributed by atoms with Crippen molar-refractivity contribution in [3.63, 3.8) is 0 Å². The summed E-state index contributed by atoms with van der Waals surface area (Å²) >= 11 is 5.44. The SMILES string of the molecule is COC(=O)C(Cl)C(=O)c1ccc(F)cc1F. The molecule has 1 aromatic rings. The molecule has 0 fully saturated rings. The van der Waals surface area contributed by atoms with Gasteiger partial charge in [-0.05, 0) is 12.1 Å². The maximum Gasteiger partial charge on any atom is 0.331 e. The van der Waals surface area contributed by atoms with Gasteiger partial charge in [0.05, 0.1) is 12.7 Å². The molecule has 0 bridgehead atoms. The number of methoxy groups -OCH3 is 1. The average molecular weight is 249 g/mol. The van der Waals surface area contributed by atoms with Crippen molar-refractivity contribution in [1.82, 2.24) is 0 Å². The lowest BCUT2D eigenvalue weighted by molar-refractivity contribution is -0.139. The fraction of sp³-hybridized carbons (Fsp3) is 0.200. The first kappa shape index (κ1) is 12.6. The molecule has 1 unspecified atom stereocenters. The van der Waals surface area contributed by atoms with Crippen LogP contribution >= 0.6 is 11.6 Å². The van der Waals surface area contributed by atoms with E-state index < -0.39 is 34.3 Å². The lowest BCUT2D eigenvalue weighted by Gasteiger charge is -2.06. The van der Waals surface area contributed by atoms with Gasteiger partial charge in [0.1, 0.15) is 11.6 Å². The third-order valence-electron chi connectivity index (χ3n) is 1.83. The lowest BCUT2D eigenvalue weighted by Crippen LogP contribution is -2.26. The second-order valence-corrected chi connectivity index (χ2v) is 3.31. The number of Topliss-reactive ketones (excluding diaryl/α,β-unsaturated/α-hetero) is 1. The van der Waals surface area contributed by atoms with Crippen LogP contribution in [-0.2, 0) is 9.53 Å². The van der Waals surface area contributed by atoms with Gasteiger partial charge >= 0.3 is 5.97 Å². The summed E-state index contributed by atoms with van der Waals surface area (Å²) in [5.41, 5.74) is -0.452. The van der Waals surface area contributed by atoms with Gasteiger partial charge in [-0.1, -0.05) is 0 Å². The first-order valence-electron chi connectivity index (χ1n) is 4.18. The number of ether oxygens (including phenoxy) is 1. The zero-order valence-corrected chi connectivity index (χ0v) is 8.92. The molecule has 0 heterocycles. The van der Waals surface area contributed by atoms with Crippen LogP contribution in [0.4, 0.5) is 8.78 Å². The molecule has 0 radical (unpaired) electrons. The Kier molecular flexibility index (Phi) is 3.95. The number of rotatable bonds is 3. The summed E-state index contributed by atoms with van der Waals surface area (Å²) in [5.74, 6) is -3.85. The summed E-state index contributed by atoms with van der Waals surface area (Å²) in [5, 5.41) is -1.63. The summed E-state index contributed by atoms with van der Waals surface area (Å²) in [6.07, 6.45) is 0. The Morgan fingerprint density at radius 2 is 2.00 bits per heavy atom. The van der Waals surface area contributed by atoms with Crippen LogP contribution in [0.25, 0.3) is 0 Å². The fourth-order valence-electron chi connectivity index (χ4n) is 1.04. The van der Waals surface area contributed by atoms with Gasteiger partial charge in [-0.2, -0.15) is 0 Å². The van der Waals surface area contributed by atoms with Crippen LogP contribution in [0.3, 0.4) is 0 Å². The predicted octanol–water partition coefficient (Wildman–Crippen LogP) is 1.93. The molecule has 0 aliphatic carbocycles. The number of carbonyl (C=O) groups excluding carboxylic acids is 2. The Hall–Kier alpha value is -1.49. The summed E-state index contributed by atoms with van der Waals surface area (Å²) in [4.78, 5) is 22.4. The molecule has 86 valence electrons. The number of halogens is 3. The second kappa shape index (κ2) is 5.03. The summed E-state index contributed by atoms with van der Waals surface area (Å²) < 4.78 is 29.9. The third kappa shape index (κ3) is 2.55. The van der Waals surface area contributed by atoms with E-state index in [0.29, 0.717) is 6.07 Å². The minimum atomic E-state index is -1.63. The summed E-state index contributed by atoms with van der Waals surface area (Å²) in [6.45, 7) is 0. The molecule has 0 aromatic heterocycles. The van der Waals surface area contributed by atoms with Crippen molar-refractivity contribution in [2.75, 3.05) is 7.11 Å². The maximum absolute atomic E-state index is 13.2. The lowest BCUT2D eigenvalue weighted by atomic mass is 10.1. The zero-order chi connectivity index (χ0) is 12.3. The van der Waals surface area contributed by atoms with E-state index >= 15 is 0 Å². The van der Waals surface area contributed by atoms with E-state index in [1.165, 1.54) is 0 Å². The Labute approximate surface area is 95.0 Å². The fourth-order valence-corrected chi connectivity index (χ4v) is 1.24. The molecule has 0 saturated carbocycles. The van der Waals surface area contributed by atoms with Crippen LogP contribution in [0.5, 0.6) is 0 Å². The predicted molar refractivity (Wildman–Crippen MR) is 52.3 cm³/mol. The smallest absolute Gasteiger partial charge is 0.331 e. The van der Waals surface area contributed by atoms with Crippen molar-refractivity contribution in [2.24, 2.45) is 0 Å². The van der Waals surface area contributed by atoms with E-state index in [1.807, 2.05) is 0 Å². The molecule has 0 aliphatic rings. The standard InChI is InChI=1S/C10H7ClF2O3/c1-16-10(15)8(11)9(14)6-3-2-5(12)4-7(6)13/h2-4,8H,1H3. The van der Waals surface area contributed by atoms with Crippen molar-refractivity contribution >= 4 is 23.4 Å². The summed E-state index contributed by atoms with van der Waals surface area (Å²) in [6, 6.07) is 2.36. The molecule has 0 spiro atoms. The van der Waals surface area contributed by atoms with Crippen LogP contribution in [-0.4, -0.2) is 24.2 Å². The molecule has 0 saturated heterocycles. The minimum absolute atomic E-state index is 0.452. The minimum Gasteiger partial charge on any atom is -0.468 e. The van der Waals surface area contributed by atoms with E-state index in [4.69, 9.17) is 11.6 Å². The number of ketones is 1. The molecular weight excluding hydrogens is 242 g/mol. The zero-order valence-electron chi connectivity index (χ0n) is 8.17. The van der Waals surface area contributed by atoms with Crippen LogP contribution < -0.4 is 0 Å². The van der Waals surface area contributed by atoms with Crippen molar-refractivity contribution in [3.05, 3.63) is 35.4 Å². The van der Waals surface area contributed by atoms with Crippen LogP contribution in [0.15, 0.2) is 18.2 Å². The van der Waals surface area contributed by atoms with Gasteiger partial charge in [0, 0.05) is 6.07 Å². The molecule has 16 heavy (non-hydrogen) atoms. The molecule has 0 aliphatic heterocycles.